The summed E-state index contributed by atoms with van der Waals surface area (Å²) in [7, 11) is 0. The summed E-state index contributed by atoms with van der Waals surface area (Å²) in [5.74, 6) is 1.70. The fourth-order valence-corrected chi connectivity index (χ4v) is 4.39. The molecule has 0 bridgehead atoms. The molecular formula is C27H27F3N8. The minimum absolute atomic E-state index is 0.0578. The van der Waals surface area contributed by atoms with Gasteiger partial charge in [0.2, 0.25) is 0 Å². The van der Waals surface area contributed by atoms with Gasteiger partial charge in [0.05, 0.1) is 12.1 Å². The van der Waals surface area contributed by atoms with Gasteiger partial charge in [-0.15, -0.1) is 5.10 Å². The zero-order chi connectivity index (χ0) is 26.5. The number of H-pyrrole nitrogens is 1. The molecule has 3 aromatic heterocycles. The zero-order valence-corrected chi connectivity index (χ0v) is 20.9. The maximum atomic E-state index is 13.6. The molecule has 5 aromatic rings. The standard InChI is InChI=1S/C27H27F3N8/c1-2-3-9-24-31-23(15-12-19-7-5-4-6-8-19)34-38(24)18-20-10-13-21(14-11-20)37-17-16-22(27(28,29)30)25(37)26-32-35-36-33-26/h4-8,10-11,13-14,16-17H,2-3,9,12,15,18H2,1H3,(H,32,33,35,36). The molecule has 196 valence electrons. The minimum atomic E-state index is -4.55. The van der Waals surface area contributed by atoms with Gasteiger partial charge in [0.15, 0.2) is 11.6 Å². The number of aromatic amines is 1. The first-order valence-corrected chi connectivity index (χ1v) is 12.5. The summed E-state index contributed by atoms with van der Waals surface area (Å²) in [5, 5.41) is 17.8. The van der Waals surface area contributed by atoms with E-state index >= 15 is 0 Å². The Labute approximate surface area is 217 Å². The van der Waals surface area contributed by atoms with Crippen molar-refractivity contribution in [1.82, 2.24) is 40.0 Å². The van der Waals surface area contributed by atoms with E-state index in [1.807, 2.05) is 35.0 Å². The summed E-state index contributed by atoms with van der Waals surface area (Å²) in [5.41, 5.74) is 1.82. The lowest BCUT2D eigenvalue weighted by atomic mass is 10.1. The molecule has 8 nitrogen and oxygen atoms in total. The lowest BCUT2D eigenvalue weighted by molar-refractivity contribution is -0.137. The van der Waals surface area contributed by atoms with Crippen molar-refractivity contribution in [3.8, 4) is 17.2 Å². The lowest BCUT2D eigenvalue weighted by Crippen LogP contribution is -2.09. The SMILES string of the molecule is CCCCc1nc(CCc2ccccc2)nn1Cc1ccc(-n2ccc(C(F)(F)F)c2-c2nnn[nH]2)cc1. The van der Waals surface area contributed by atoms with Gasteiger partial charge in [-0.2, -0.15) is 18.3 Å². The molecule has 0 spiro atoms. The molecule has 0 fully saturated rings. The molecule has 0 radical (unpaired) electrons. The molecule has 0 aliphatic carbocycles. The van der Waals surface area contributed by atoms with Crippen LogP contribution >= 0.6 is 0 Å². The van der Waals surface area contributed by atoms with Crippen LogP contribution in [0.15, 0.2) is 66.9 Å². The van der Waals surface area contributed by atoms with Gasteiger partial charge in [0.1, 0.15) is 11.5 Å². The molecular weight excluding hydrogens is 493 g/mol. The molecule has 38 heavy (non-hydrogen) atoms. The summed E-state index contributed by atoms with van der Waals surface area (Å²) < 4.78 is 44.3. The Morgan fingerprint density at radius 1 is 0.895 bits per heavy atom. The third-order valence-electron chi connectivity index (χ3n) is 6.33. The molecule has 0 amide bonds. The summed E-state index contributed by atoms with van der Waals surface area (Å²) in [4.78, 5) is 4.81. The zero-order valence-electron chi connectivity index (χ0n) is 20.9. The summed E-state index contributed by atoms with van der Waals surface area (Å²) in [6.07, 6.45) is 1.36. The molecule has 0 atom stereocenters. The van der Waals surface area contributed by atoms with Gasteiger partial charge in [-0.3, -0.25) is 0 Å². The van der Waals surface area contributed by atoms with Crippen molar-refractivity contribution in [3.05, 3.63) is 95.2 Å². The average Bonchev–Trinajstić information content (AvgIpc) is 3.67. The van der Waals surface area contributed by atoms with Crippen LogP contribution in [0.1, 0.15) is 48.1 Å². The van der Waals surface area contributed by atoms with Gasteiger partial charge in [0, 0.05) is 24.7 Å². The van der Waals surface area contributed by atoms with Crippen molar-refractivity contribution < 1.29 is 13.2 Å². The molecule has 1 N–H and O–H groups in total. The van der Waals surface area contributed by atoms with Crippen LogP contribution in [-0.2, 0) is 32.0 Å². The number of halogens is 3. The Bertz CT molecular complexity index is 1450. The van der Waals surface area contributed by atoms with Crippen molar-refractivity contribution >= 4 is 0 Å². The van der Waals surface area contributed by atoms with Crippen molar-refractivity contribution in [3.63, 3.8) is 0 Å². The van der Waals surface area contributed by atoms with Gasteiger partial charge in [-0.1, -0.05) is 55.8 Å². The third-order valence-corrected chi connectivity index (χ3v) is 6.33. The van der Waals surface area contributed by atoms with E-state index in [-0.39, 0.29) is 11.5 Å². The highest BCUT2D eigenvalue weighted by Crippen LogP contribution is 2.37. The minimum Gasteiger partial charge on any atom is -0.313 e. The highest BCUT2D eigenvalue weighted by molar-refractivity contribution is 5.61. The van der Waals surface area contributed by atoms with Crippen molar-refractivity contribution in [2.75, 3.05) is 0 Å². The van der Waals surface area contributed by atoms with Crippen molar-refractivity contribution in [2.45, 2.75) is 51.7 Å². The third kappa shape index (κ3) is 5.66. The van der Waals surface area contributed by atoms with E-state index < -0.39 is 11.7 Å². The molecule has 11 heteroatoms. The summed E-state index contributed by atoms with van der Waals surface area (Å²) in [6, 6.07) is 18.6. The van der Waals surface area contributed by atoms with Gasteiger partial charge in [-0.25, -0.2) is 14.8 Å². The molecule has 5 rings (SSSR count). The van der Waals surface area contributed by atoms with Crippen LogP contribution in [0.25, 0.3) is 17.2 Å². The number of nitrogens with zero attached hydrogens (tertiary/aromatic N) is 7. The molecule has 0 unspecified atom stereocenters. The van der Waals surface area contributed by atoms with Crippen molar-refractivity contribution in [2.24, 2.45) is 0 Å². The first kappa shape index (κ1) is 25.4. The smallest absolute Gasteiger partial charge is 0.313 e. The number of aromatic nitrogens is 8. The summed E-state index contributed by atoms with van der Waals surface area (Å²) in [6.45, 7) is 2.67. The first-order chi connectivity index (χ1) is 18.4. The number of aryl methyl sites for hydroxylation is 3. The van der Waals surface area contributed by atoms with Gasteiger partial charge < -0.3 is 4.57 Å². The quantitative estimate of drug-likeness (QED) is 0.265. The Morgan fingerprint density at radius 3 is 2.37 bits per heavy atom. The van der Waals surface area contributed by atoms with Crippen LogP contribution in [-0.4, -0.2) is 40.0 Å². The van der Waals surface area contributed by atoms with Crippen LogP contribution in [0.3, 0.4) is 0 Å². The van der Waals surface area contributed by atoms with E-state index in [1.165, 1.54) is 16.3 Å². The average molecular weight is 521 g/mol. The topological polar surface area (TPSA) is 90.1 Å². The largest absolute Gasteiger partial charge is 0.418 e. The van der Waals surface area contributed by atoms with Gasteiger partial charge in [0.25, 0.3) is 0 Å². The second-order valence-corrected chi connectivity index (χ2v) is 9.05. The van der Waals surface area contributed by atoms with Crippen molar-refractivity contribution in [1.29, 1.82) is 0 Å². The lowest BCUT2D eigenvalue weighted by Gasteiger charge is -2.12. The van der Waals surface area contributed by atoms with Crippen LogP contribution in [0.2, 0.25) is 0 Å². The molecule has 0 aliphatic rings. The molecule has 2 aromatic carbocycles. The number of benzene rings is 2. The highest BCUT2D eigenvalue weighted by atomic mass is 19.4. The van der Waals surface area contributed by atoms with Gasteiger partial charge in [-0.05, 0) is 52.6 Å². The number of nitrogens with one attached hydrogen (secondary N) is 1. The maximum absolute atomic E-state index is 13.6. The molecule has 0 saturated carbocycles. The number of rotatable bonds is 10. The van der Waals surface area contributed by atoms with Crippen LogP contribution in [0.5, 0.6) is 0 Å². The first-order valence-electron chi connectivity index (χ1n) is 12.5. The van der Waals surface area contributed by atoms with E-state index in [0.717, 1.165) is 55.4 Å². The fourth-order valence-electron chi connectivity index (χ4n) is 4.39. The Kier molecular flexibility index (Phi) is 7.34. The number of alkyl halides is 3. The molecule has 0 saturated heterocycles. The number of hydrogen-bond donors (Lipinski definition) is 1. The van der Waals surface area contributed by atoms with E-state index in [0.29, 0.717) is 12.2 Å². The van der Waals surface area contributed by atoms with Crippen LogP contribution < -0.4 is 0 Å². The van der Waals surface area contributed by atoms with E-state index in [1.54, 1.807) is 12.1 Å². The van der Waals surface area contributed by atoms with Crippen LogP contribution in [0, 0.1) is 0 Å². The number of hydrogen-bond acceptors (Lipinski definition) is 5. The second kappa shape index (κ2) is 11.0. The molecule has 0 aliphatic heterocycles. The Morgan fingerprint density at radius 2 is 1.68 bits per heavy atom. The number of unbranched alkanes of at least 4 members (excludes halogenated alkanes) is 1. The Hall–Kier alpha value is -4.28. The monoisotopic (exact) mass is 520 g/mol. The van der Waals surface area contributed by atoms with Crippen LogP contribution in [0.4, 0.5) is 13.2 Å². The highest BCUT2D eigenvalue weighted by Gasteiger charge is 2.37. The van der Waals surface area contributed by atoms with E-state index in [4.69, 9.17) is 10.1 Å². The Balaban J connectivity index is 1.37. The normalized spacial score (nSPS) is 11.8. The van der Waals surface area contributed by atoms with E-state index in [9.17, 15) is 13.2 Å². The predicted octanol–water partition coefficient (Wildman–Crippen LogP) is 5.44. The summed E-state index contributed by atoms with van der Waals surface area (Å²) >= 11 is 0. The fraction of sp³-hybridized carbons (Fsp3) is 0.296. The van der Waals surface area contributed by atoms with Gasteiger partial charge >= 0.3 is 6.18 Å². The maximum Gasteiger partial charge on any atom is 0.418 e. The second-order valence-electron chi connectivity index (χ2n) is 9.05. The molecule has 3 heterocycles. The van der Waals surface area contributed by atoms with E-state index in [2.05, 4.69) is 39.7 Å². The predicted molar refractivity (Wildman–Crippen MR) is 136 cm³/mol. The number of tetrazole rings is 1.